The van der Waals surface area contributed by atoms with E-state index >= 15 is 4.79 Å². The van der Waals surface area contributed by atoms with Crippen LogP contribution in [-0.2, 0) is 42.9 Å². The molecule has 5 N–H and O–H groups in total. The molecular weight excluding hydrogens is 828 g/mol. The van der Waals surface area contributed by atoms with Gasteiger partial charge in [0.15, 0.2) is 23.6 Å². The number of aliphatic hydroxyl groups is 3. The molecule has 4 aliphatic rings. The van der Waals surface area contributed by atoms with Crippen LogP contribution < -0.4 is 10.6 Å². The van der Waals surface area contributed by atoms with Crippen molar-refractivity contribution in [2.24, 2.45) is 16.7 Å². The monoisotopic (exact) mass is 882 g/mol. The lowest BCUT2D eigenvalue weighted by molar-refractivity contribution is -0.332. The molecule has 3 fully saturated rings. The molecule has 6 rings (SSSR count). The van der Waals surface area contributed by atoms with Gasteiger partial charge in [-0.25, -0.2) is 9.59 Å². The standard InChI is InChI=1S/C45H55ClN2O14/c1-22-28(60-39(55)33(52)32(25-13-11-10-12-14-25)47-40(56)62-41(4,5)6)20-45(57)36(48-38(54)26-15-17-27(46)18-16-26)35-43(9,29(51)19-30-44(35,21-58-30)61-24(3)50)37(53)34(59-23(2)49)31(22)42(45,7)8/h10-18,28-30,32-36,51-52,57H,19-21H2,1-9H3,(H,47,56)(H,48,54)/t28-,29-,30+,32-,33+,34+,35-,36-,43+,44-,45+/m0/s1. The van der Waals surface area contributed by atoms with Crippen LogP contribution in [0.25, 0.3) is 0 Å². The number of carbonyl (C=O) groups is 6. The molecule has 16 nitrogen and oxygen atoms in total. The molecule has 3 aliphatic carbocycles. The number of ether oxygens (including phenoxy) is 5. The second kappa shape index (κ2) is 16.7. The summed E-state index contributed by atoms with van der Waals surface area (Å²) in [5, 5.41) is 43.3. The first-order valence-electron chi connectivity index (χ1n) is 20.4. The highest BCUT2D eigenvalue weighted by molar-refractivity contribution is 6.30. The first-order valence-corrected chi connectivity index (χ1v) is 20.8. The number of nitrogens with one attached hydrogen (secondary N) is 2. The number of esters is 3. The molecule has 0 aromatic heterocycles. The van der Waals surface area contributed by atoms with Crippen molar-refractivity contribution in [1.82, 2.24) is 10.6 Å². The maximum atomic E-state index is 15.5. The predicted molar refractivity (Wildman–Crippen MR) is 220 cm³/mol. The van der Waals surface area contributed by atoms with Crippen LogP contribution in [0.4, 0.5) is 4.79 Å². The molecule has 2 amide bonds. The molecule has 2 aromatic rings. The lowest BCUT2D eigenvalue weighted by Gasteiger charge is -2.68. The van der Waals surface area contributed by atoms with E-state index in [9.17, 15) is 39.3 Å². The normalized spacial score (nSPS) is 32.2. The van der Waals surface area contributed by atoms with E-state index < -0.39 is 118 Å². The molecule has 11 atom stereocenters. The summed E-state index contributed by atoms with van der Waals surface area (Å²) in [5.41, 5.74) is -8.03. The Morgan fingerprint density at radius 3 is 2.13 bits per heavy atom. The summed E-state index contributed by atoms with van der Waals surface area (Å²) < 4.78 is 29.3. The maximum Gasteiger partial charge on any atom is 0.408 e. The van der Waals surface area contributed by atoms with Gasteiger partial charge in [0.25, 0.3) is 5.91 Å². The zero-order valence-electron chi connectivity index (χ0n) is 36.1. The van der Waals surface area contributed by atoms with E-state index in [2.05, 4.69) is 10.6 Å². The average Bonchev–Trinajstić information content (AvgIpc) is 3.17. The number of fused-ring (bicyclic) bond motifs is 5. The summed E-state index contributed by atoms with van der Waals surface area (Å²) in [6.45, 7) is 13.0. The van der Waals surface area contributed by atoms with E-state index in [0.717, 1.165) is 13.8 Å². The molecule has 336 valence electrons. The smallest absolute Gasteiger partial charge is 0.408 e. The minimum atomic E-state index is -2.32. The number of alkyl carbamates (subject to hydrolysis) is 1. The molecule has 2 bridgehead atoms. The first kappa shape index (κ1) is 46.6. The van der Waals surface area contributed by atoms with Crippen LogP contribution in [0, 0.1) is 16.7 Å². The van der Waals surface area contributed by atoms with E-state index in [1.807, 2.05) is 0 Å². The van der Waals surface area contributed by atoms with Crippen molar-refractivity contribution in [2.45, 2.75) is 135 Å². The Kier molecular flexibility index (Phi) is 12.5. The third-order valence-electron chi connectivity index (χ3n) is 13.1. The van der Waals surface area contributed by atoms with Gasteiger partial charge < -0.3 is 49.6 Å². The highest BCUT2D eigenvalue weighted by Crippen LogP contribution is 2.63. The number of ketones is 1. The molecule has 2 saturated carbocycles. The number of hydrogen-bond donors (Lipinski definition) is 5. The van der Waals surface area contributed by atoms with E-state index in [0.29, 0.717) is 10.6 Å². The molecule has 2 aromatic carbocycles. The van der Waals surface area contributed by atoms with Crippen molar-refractivity contribution in [1.29, 1.82) is 0 Å². The van der Waals surface area contributed by atoms with E-state index in [-0.39, 0.29) is 29.7 Å². The number of carbonyl (C=O) groups excluding carboxylic acids is 6. The number of amides is 2. The van der Waals surface area contributed by atoms with Crippen LogP contribution in [0.1, 0.15) is 97.1 Å². The Morgan fingerprint density at radius 1 is 0.952 bits per heavy atom. The second-order valence-corrected chi connectivity index (χ2v) is 18.9. The Labute approximate surface area is 364 Å². The van der Waals surface area contributed by atoms with Gasteiger partial charge in [0, 0.05) is 48.6 Å². The molecule has 1 heterocycles. The summed E-state index contributed by atoms with van der Waals surface area (Å²) in [6.07, 6.45) is -9.57. The predicted octanol–water partition coefficient (Wildman–Crippen LogP) is 4.06. The Morgan fingerprint density at radius 2 is 1.58 bits per heavy atom. The summed E-state index contributed by atoms with van der Waals surface area (Å²) in [5.74, 6) is -5.98. The van der Waals surface area contributed by atoms with Crippen molar-refractivity contribution in [3.05, 3.63) is 81.9 Å². The number of hydrogen-bond acceptors (Lipinski definition) is 14. The van der Waals surface area contributed by atoms with Gasteiger partial charge >= 0.3 is 24.0 Å². The summed E-state index contributed by atoms with van der Waals surface area (Å²) >= 11 is 6.15. The summed E-state index contributed by atoms with van der Waals surface area (Å²) in [4.78, 5) is 83.2. The number of rotatable bonds is 9. The summed E-state index contributed by atoms with van der Waals surface area (Å²) in [7, 11) is 0. The van der Waals surface area contributed by atoms with Crippen LogP contribution in [0.15, 0.2) is 65.7 Å². The number of Topliss-reactive ketones (excluding diaryl/α,β-unsaturated/α-hetero) is 1. The number of aliphatic hydroxyl groups excluding tert-OH is 2. The topological polar surface area (TPSA) is 233 Å². The Bertz CT molecular complexity index is 2150. The molecular formula is C45H55ClN2O14. The van der Waals surface area contributed by atoms with Gasteiger partial charge in [0.05, 0.1) is 35.8 Å². The minimum Gasteiger partial charge on any atom is -0.456 e. The van der Waals surface area contributed by atoms with Gasteiger partial charge in [-0.2, -0.15) is 0 Å². The lowest BCUT2D eigenvalue weighted by Crippen LogP contribution is -2.83. The molecule has 1 aliphatic heterocycles. The molecule has 17 heteroatoms. The van der Waals surface area contributed by atoms with Crippen LogP contribution in [0.5, 0.6) is 0 Å². The van der Waals surface area contributed by atoms with Gasteiger partial charge in [-0.1, -0.05) is 55.8 Å². The second-order valence-electron chi connectivity index (χ2n) is 18.4. The van der Waals surface area contributed by atoms with Crippen molar-refractivity contribution < 1.29 is 67.8 Å². The van der Waals surface area contributed by atoms with Crippen LogP contribution in [0.2, 0.25) is 5.02 Å². The molecule has 0 radical (unpaired) electrons. The third kappa shape index (κ3) is 8.11. The largest absolute Gasteiger partial charge is 0.456 e. The zero-order chi connectivity index (χ0) is 45.9. The van der Waals surface area contributed by atoms with Crippen molar-refractivity contribution in [2.75, 3.05) is 6.61 Å². The lowest BCUT2D eigenvalue weighted by atomic mass is 9.44. The van der Waals surface area contributed by atoms with Crippen molar-refractivity contribution in [3.63, 3.8) is 0 Å². The van der Waals surface area contributed by atoms with Crippen LogP contribution in [-0.4, -0.2) is 111 Å². The van der Waals surface area contributed by atoms with Gasteiger partial charge in [-0.05, 0) is 75.6 Å². The Balaban J connectivity index is 1.54. The van der Waals surface area contributed by atoms with Gasteiger partial charge in [0.1, 0.15) is 17.8 Å². The first-order chi connectivity index (χ1) is 28.8. The van der Waals surface area contributed by atoms with E-state index in [1.54, 1.807) is 65.0 Å². The van der Waals surface area contributed by atoms with Crippen LogP contribution >= 0.6 is 11.6 Å². The molecule has 0 unspecified atom stereocenters. The third-order valence-corrected chi connectivity index (χ3v) is 13.3. The maximum absolute atomic E-state index is 15.5. The van der Waals surface area contributed by atoms with Crippen molar-refractivity contribution in [3.8, 4) is 0 Å². The molecule has 1 saturated heterocycles. The van der Waals surface area contributed by atoms with Gasteiger partial charge in [0.2, 0.25) is 0 Å². The highest BCUT2D eigenvalue weighted by Gasteiger charge is 2.77. The van der Waals surface area contributed by atoms with Crippen LogP contribution in [0.3, 0.4) is 0 Å². The quantitative estimate of drug-likeness (QED) is 0.136. The fraction of sp³-hybridized carbons (Fsp3) is 0.556. The van der Waals surface area contributed by atoms with Gasteiger partial charge in [-0.15, -0.1) is 0 Å². The zero-order valence-corrected chi connectivity index (χ0v) is 36.9. The molecule has 62 heavy (non-hydrogen) atoms. The highest BCUT2D eigenvalue weighted by atomic mass is 35.5. The minimum absolute atomic E-state index is 0.0105. The van der Waals surface area contributed by atoms with E-state index in [1.165, 1.54) is 38.1 Å². The molecule has 0 spiro atoms. The average molecular weight is 883 g/mol. The fourth-order valence-electron chi connectivity index (χ4n) is 10.0. The number of halogens is 1. The van der Waals surface area contributed by atoms with Gasteiger partial charge in [-0.3, -0.25) is 19.2 Å². The van der Waals surface area contributed by atoms with E-state index in [4.69, 9.17) is 35.3 Å². The number of benzene rings is 2. The summed E-state index contributed by atoms with van der Waals surface area (Å²) in [6, 6.07) is 11.0. The van der Waals surface area contributed by atoms with Crippen molar-refractivity contribution >= 4 is 47.3 Å². The fourth-order valence-corrected chi connectivity index (χ4v) is 10.1. The Hall–Kier alpha value is -4.87. The SMILES string of the molecule is CC(=O)O[C@H]1C(=O)[C@@]2(C)[C@H]([C@H](NC(=O)c3ccc(Cl)cc3)[C@]3(O)C[C@H](OC(=O)[C@H](O)[C@@H](NC(=O)OC(C)(C)C)c4ccccc4)C(C)=C1C3(C)C)[C@]1(OC(C)=O)CO[C@@H]1C[C@@H]2O.